The molecule has 0 spiro atoms. The number of aliphatic imine (C=N–C) groups is 1. The summed E-state index contributed by atoms with van der Waals surface area (Å²) < 4.78 is 6.26. The molecule has 3 atom stereocenters. The van der Waals surface area contributed by atoms with E-state index in [9.17, 15) is 5.11 Å². The van der Waals surface area contributed by atoms with Crippen molar-refractivity contribution >= 4 is 5.84 Å². The molecule has 190 valence electrons. The third-order valence-corrected chi connectivity index (χ3v) is 7.03. The molecule has 4 rings (SSSR count). The number of hydrogen-bond donors (Lipinski definition) is 2. The van der Waals surface area contributed by atoms with Gasteiger partial charge in [0, 0.05) is 13.2 Å². The predicted octanol–water partition coefficient (Wildman–Crippen LogP) is 6.78. The van der Waals surface area contributed by atoms with Gasteiger partial charge in [0.05, 0.1) is 17.1 Å². The zero-order chi connectivity index (χ0) is 25.4. The van der Waals surface area contributed by atoms with E-state index in [1.807, 2.05) is 0 Å². The first-order chi connectivity index (χ1) is 17.4. The average molecular weight is 485 g/mol. The summed E-state index contributed by atoms with van der Waals surface area (Å²) in [6, 6.07) is 32.0. The molecule has 4 heteroatoms. The molecule has 0 bridgehead atoms. The molecule has 0 unspecified atom stereocenters. The van der Waals surface area contributed by atoms with E-state index < -0.39 is 0 Å². The Bertz CT molecular complexity index is 1090. The van der Waals surface area contributed by atoms with Crippen LogP contribution in [0.1, 0.15) is 75.2 Å². The van der Waals surface area contributed by atoms with E-state index in [0.717, 1.165) is 31.5 Å². The zero-order valence-corrected chi connectivity index (χ0v) is 21.9. The highest BCUT2D eigenvalue weighted by Crippen LogP contribution is 2.43. The van der Waals surface area contributed by atoms with Gasteiger partial charge in [-0.15, -0.1) is 0 Å². The Morgan fingerprint density at radius 3 is 1.94 bits per heavy atom. The van der Waals surface area contributed by atoms with Crippen molar-refractivity contribution in [2.45, 2.75) is 69.6 Å². The highest BCUT2D eigenvalue weighted by molar-refractivity contribution is 5.95. The molecular formula is C32H40N2O2. The molecule has 3 aromatic carbocycles. The minimum absolute atomic E-state index is 0.0203. The lowest BCUT2D eigenvalue weighted by molar-refractivity contribution is -0.00916. The fourth-order valence-electron chi connectivity index (χ4n) is 5.20. The van der Waals surface area contributed by atoms with Crippen LogP contribution in [-0.2, 0) is 10.2 Å². The second-order valence-electron chi connectivity index (χ2n) is 10.7. The first kappa shape index (κ1) is 26.1. The van der Waals surface area contributed by atoms with Crippen LogP contribution >= 0.6 is 0 Å². The summed E-state index contributed by atoms with van der Waals surface area (Å²) in [4.78, 5) is 5.45. The van der Waals surface area contributed by atoms with Crippen LogP contribution in [0.3, 0.4) is 0 Å². The molecule has 2 N–H and O–H groups in total. The molecule has 1 aliphatic rings. The topological polar surface area (TPSA) is 53.9 Å². The second-order valence-corrected chi connectivity index (χ2v) is 10.7. The van der Waals surface area contributed by atoms with Crippen molar-refractivity contribution in [3.8, 4) is 0 Å². The van der Waals surface area contributed by atoms with Gasteiger partial charge in [-0.1, -0.05) is 91.0 Å². The molecule has 4 nitrogen and oxygen atoms in total. The summed E-state index contributed by atoms with van der Waals surface area (Å²) in [6.45, 7) is 7.13. The SMILES string of the molecule is CC(C)(C)OCC[C@@](CCCCO)(C1=N[C@@H](c2ccccc2)[C@H](c2ccccc2)N1)c1ccccc1. The number of ether oxygens (including phenoxy) is 1. The van der Waals surface area contributed by atoms with Crippen molar-refractivity contribution in [3.05, 3.63) is 108 Å². The number of aliphatic hydroxyl groups excluding tert-OH is 1. The minimum Gasteiger partial charge on any atom is -0.396 e. The van der Waals surface area contributed by atoms with Gasteiger partial charge < -0.3 is 15.2 Å². The van der Waals surface area contributed by atoms with Crippen molar-refractivity contribution in [1.82, 2.24) is 5.32 Å². The van der Waals surface area contributed by atoms with Crippen LogP contribution in [0.2, 0.25) is 0 Å². The first-order valence-corrected chi connectivity index (χ1v) is 13.2. The summed E-state index contributed by atoms with van der Waals surface area (Å²) in [5.41, 5.74) is 3.13. The Morgan fingerprint density at radius 1 is 0.778 bits per heavy atom. The van der Waals surface area contributed by atoms with E-state index in [2.05, 4.69) is 117 Å². The summed E-state index contributed by atoms with van der Waals surface area (Å²) in [5.74, 6) is 1.02. The third kappa shape index (κ3) is 6.24. The highest BCUT2D eigenvalue weighted by Gasteiger charge is 2.43. The number of unbranched alkanes of at least 4 members (excludes halogenated alkanes) is 1. The second kappa shape index (κ2) is 11.9. The van der Waals surface area contributed by atoms with Gasteiger partial charge in [-0.3, -0.25) is 4.99 Å². The lowest BCUT2D eigenvalue weighted by Gasteiger charge is -2.36. The molecule has 1 aliphatic heterocycles. The fraction of sp³-hybridized carbons (Fsp3) is 0.406. The largest absolute Gasteiger partial charge is 0.396 e. The van der Waals surface area contributed by atoms with E-state index >= 15 is 0 Å². The summed E-state index contributed by atoms with van der Waals surface area (Å²) in [7, 11) is 0. The normalized spacial score (nSPS) is 19.4. The van der Waals surface area contributed by atoms with Gasteiger partial charge in [-0.05, 0) is 63.1 Å². The van der Waals surface area contributed by atoms with Gasteiger partial charge in [-0.25, -0.2) is 0 Å². The van der Waals surface area contributed by atoms with Crippen molar-refractivity contribution in [3.63, 3.8) is 0 Å². The Morgan fingerprint density at radius 2 is 1.36 bits per heavy atom. The molecule has 36 heavy (non-hydrogen) atoms. The van der Waals surface area contributed by atoms with Crippen molar-refractivity contribution in [2.24, 2.45) is 4.99 Å². The van der Waals surface area contributed by atoms with Gasteiger partial charge in [0.25, 0.3) is 0 Å². The lowest BCUT2D eigenvalue weighted by Crippen LogP contribution is -2.44. The number of aliphatic hydroxyl groups is 1. The number of hydrogen-bond acceptors (Lipinski definition) is 4. The first-order valence-electron chi connectivity index (χ1n) is 13.2. The third-order valence-electron chi connectivity index (χ3n) is 7.03. The molecule has 0 amide bonds. The molecule has 0 aromatic heterocycles. The fourth-order valence-corrected chi connectivity index (χ4v) is 5.20. The Kier molecular flexibility index (Phi) is 8.60. The number of benzene rings is 3. The van der Waals surface area contributed by atoms with E-state index in [1.54, 1.807) is 0 Å². The van der Waals surface area contributed by atoms with Crippen LogP contribution in [0.25, 0.3) is 0 Å². The van der Waals surface area contributed by atoms with E-state index in [-0.39, 0.29) is 29.7 Å². The van der Waals surface area contributed by atoms with E-state index in [0.29, 0.717) is 6.61 Å². The predicted molar refractivity (Wildman–Crippen MR) is 148 cm³/mol. The van der Waals surface area contributed by atoms with Crippen LogP contribution in [0.5, 0.6) is 0 Å². The van der Waals surface area contributed by atoms with Gasteiger partial charge in [0.1, 0.15) is 11.9 Å². The van der Waals surface area contributed by atoms with Gasteiger partial charge >= 0.3 is 0 Å². The maximum atomic E-state index is 9.59. The summed E-state index contributed by atoms with van der Waals surface area (Å²) >= 11 is 0. The van der Waals surface area contributed by atoms with Crippen LogP contribution in [0.4, 0.5) is 0 Å². The molecule has 0 saturated heterocycles. The Hall–Kier alpha value is -2.95. The van der Waals surface area contributed by atoms with Crippen LogP contribution < -0.4 is 5.32 Å². The number of nitrogens with zero attached hydrogens (tertiary/aromatic N) is 1. The van der Waals surface area contributed by atoms with Crippen molar-refractivity contribution < 1.29 is 9.84 Å². The van der Waals surface area contributed by atoms with Crippen molar-refractivity contribution in [2.75, 3.05) is 13.2 Å². The minimum atomic E-state index is -0.335. The smallest absolute Gasteiger partial charge is 0.109 e. The number of nitrogens with one attached hydrogen (secondary N) is 1. The molecule has 0 fully saturated rings. The maximum Gasteiger partial charge on any atom is 0.109 e. The van der Waals surface area contributed by atoms with Crippen LogP contribution in [0, 0.1) is 0 Å². The van der Waals surface area contributed by atoms with E-state index in [1.165, 1.54) is 16.7 Å². The monoisotopic (exact) mass is 484 g/mol. The number of amidine groups is 1. The zero-order valence-electron chi connectivity index (χ0n) is 21.9. The molecule has 0 radical (unpaired) electrons. The molecule has 0 saturated carbocycles. The van der Waals surface area contributed by atoms with Gasteiger partial charge in [0.2, 0.25) is 0 Å². The van der Waals surface area contributed by atoms with Crippen LogP contribution in [0.15, 0.2) is 96.0 Å². The number of rotatable bonds is 11. The summed E-state index contributed by atoms with van der Waals surface area (Å²) in [5, 5.41) is 13.5. The summed E-state index contributed by atoms with van der Waals surface area (Å²) in [6.07, 6.45) is 3.38. The highest BCUT2D eigenvalue weighted by atomic mass is 16.5. The molecule has 1 heterocycles. The van der Waals surface area contributed by atoms with Crippen LogP contribution in [-0.4, -0.2) is 29.8 Å². The Balaban J connectivity index is 1.79. The van der Waals surface area contributed by atoms with E-state index in [4.69, 9.17) is 9.73 Å². The molecule has 0 aliphatic carbocycles. The molecular weight excluding hydrogens is 444 g/mol. The van der Waals surface area contributed by atoms with Crippen molar-refractivity contribution in [1.29, 1.82) is 0 Å². The maximum absolute atomic E-state index is 9.59. The quantitative estimate of drug-likeness (QED) is 0.295. The van der Waals surface area contributed by atoms with Gasteiger partial charge in [0.15, 0.2) is 0 Å². The molecule has 3 aromatic rings. The Labute approximate surface area is 216 Å². The lowest BCUT2D eigenvalue weighted by atomic mass is 9.72. The average Bonchev–Trinajstić information content (AvgIpc) is 3.35. The standard InChI is InChI=1S/C32H40N2O2/c1-31(2,3)36-24-22-32(21-13-14-23-35,27-19-11-6-12-20-27)30-33-28(25-15-7-4-8-16-25)29(34-30)26-17-9-5-10-18-26/h4-12,15-20,28-29,35H,13-14,21-24H2,1-3H3,(H,33,34)/t28-,29-,32+/m0/s1. The van der Waals surface area contributed by atoms with Gasteiger partial charge in [-0.2, -0.15) is 0 Å².